The average molecular weight is 459 g/mol. The lowest BCUT2D eigenvalue weighted by molar-refractivity contribution is -0.139. The Bertz CT molecular complexity index is 474. The molecule has 0 spiro atoms. The molecule has 1 unspecified atom stereocenters. The molecule has 176 valence electrons. The van der Waals surface area contributed by atoms with E-state index in [1.807, 2.05) is 6.92 Å². The second-order valence-electron chi connectivity index (χ2n) is 9.55. The Labute approximate surface area is 187 Å². The smallest absolute Gasteiger partial charge is 0.501 e. The van der Waals surface area contributed by atoms with Crippen LogP contribution in [0.1, 0.15) is 90.9 Å². The first kappa shape index (κ1) is 26.0. The van der Waals surface area contributed by atoms with Gasteiger partial charge in [-0.2, -0.15) is 0 Å². The van der Waals surface area contributed by atoms with Gasteiger partial charge in [0.1, 0.15) is 0 Å². The summed E-state index contributed by atoms with van der Waals surface area (Å²) in [6.45, 7) is 4.23. The highest BCUT2D eigenvalue weighted by molar-refractivity contribution is 6.78. The zero-order chi connectivity index (χ0) is 22.0. The Morgan fingerprint density at radius 3 is 1.73 bits per heavy atom. The minimum Gasteiger partial charge on any atom is -0.518 e. The van der Waals surface area contributed by atoms with E-state index < -0.39 is 17.1 Å². The molecular weight excluding hydrogens is 412 g/mol. The molecule has 0 radical (unpaired) electrons. The summed E-state index contributed by atoms with van der Waals surface area (Å²) in [4.78, 5) is 13.5. The van der Waals surface area contributed by atoms with Gasteiger partial charge in [-0.25, -0.2) is 0 Å². The van der Waals surface area contributed by atoms with Crippen LogP contribution in [0.4, 0.5) is 0 Å². The molecule has 0 aromatic carbocycles. The van der Waals surface area contributed by atoms with Crippen LogP contribution >= 0.6 is 0 Å². The first-order chi connectivity index (χ1) is 14.5. The fourth-order valence-electron chi connectivity index (χ4n) is 5.84. The third-order valence-electron chi connectivity index (χ3n) is 7.70. The first-order valence-corrected chi connectivity index (χ1v) is 16.6. The SMILES string of the molecule is CCCC[Si](OC(=O)C(C)C[Si](OC)(OC)OC)(C1CCCCC1)C1CCCCC1. The van der Waals surface area contributed by atoms with Crippen LogP contribution in [0, 0.1) is 5.92 Å². The van der Waals surface area contributed by atoms with Crippen molar-refractivity contribution in [1.29, 1.82) is 0 Å². The monoisotopic (exact) mass is 458 g/mol. The average Bonchev–Trinajstić information content (AvgIpc) is 2.81. The van der Waals surface area contributed by atoms with E-state index in [1.54, 1.807) is 21.3 Å². The summed E-state index contributed by atoms with van der Waals surface area (Å²) >= 11 is 0. The minimum atomic E-state index is -2.81. The lowest BCUT2D eigenvalue weighted by atomic mass is 9.99. The molecule has 2 saturated carbocycles. The fraction of sp³-hybridized carbons (Fsp3) is 0.957. The number of hydrogen-bond donors (Lipinski definition) is 0. The second kappa shape index (κ2) is 12.7. The van der Waals surface area contributed by atoms with Crippen molar-refractivity contribution in [2.45, 2.75) is 114 Å². The van der Waals surface area contributed by atoms with Gasteiger partial charge < -0.3 is 17.7 Å². The van der Waals surface area contributed by atoms with Gasteiger partial charge in [0.2, 0.25) is 0 Å². The van der Waals surface area contributed by atoms with Gasteiger partial charge in [0.25, 0.3) is 14.3 Å². The van der Waals surface area contributed by atoms with E-state index in [4.69, 9.17) is 17.7 Å². The molecule has 0 saturated heterocycles. The van der Waals surface area contributed by atoms with Crippen LogP contribution in [0.3, 0.4) is 0 Å². The molecule has 30 heavy (non-hydrogen) atoms. The Kier molecular flexibility index (Phi) is 11.0. The number of carbonyl (C=O) groups excluding carboxylic acids is 1. The van der Waals surface area contributed by atoms with Crippen molar-refractivity contribution in [3.8, 4) is 0 Å². The Hall–Kier alpha value is -0.216. The molecule has 5 nitrogen and oxygen atoms in total. The largest absolute Gasteiger partial charge is 0.518 e. The number of unbranched alkanes of at least 4 members (excludes halogenated alkanes) is 1. The molecular formula is C23H46O5Si2. The third kappa shape index (κ3) is 6.40. The van der Waals surface area contributed by atoms with E-state index in [9.17, 15) is 4.79 Å². The molecule has 2 aliphatic rings. The van der Waals surface area contributed by atoms with E-state index in [0.717, 1.165) is 6.04 Å². The molecule has 0 aliphatic heterocycles. The van der Waals surface area contributed by atoms with Crippen LogP contribution in [-0.4, -0.2) is 44.4 Å². The van der Waals surface area contributed by atoms with Crippen LogP contribution in [-0.2, 0) is 22.5 Å². The third-order valence-corrected chi connectivity index (χ3v) is 16.3. The van der Waals surface area contributed by atoms with Gasteiger partial charge in [-0.1, -0.05) is 65.2 Å². The molecule has 7 heteroatoms. The number of rotatable bonds is 12. The van der Waals surface area contributed by atoms with E-state index in [-0.39, 0.29) is 11.9 Å². The van der Waals surface area contributed by atoms with Crippen molar-refractivity contribution in [1.82, 2.24) is 0 Å². The number of carbonyl (C=O) groups is 1. The Balaban J connectivity index is 2.26. The van der Waals surface area contributed by atoms with Crippen LogP contribution in [0.15, 0.2) is 0 Å². The molecule has 2 rings (SSSR count). The van der Waals surface area contributed by atoms with Gasteiger partial charge >= 0.3 is 8.80 Å². The maximum absolute atomic E-state index is 13.5. The molecule has 0 N–H and O–H groups in total. The molecule has 2 fully saturated rings. The molecule has 1 atom stereocenters. The van der Waals surface area contributed by atoms with Gasteiger partial charge in [-0.3, -0.25) is 4.79 Å². The molecule has 2 aliphatic carbocycles. The van der Waals surface area contributed by atoms with Crippen molar-refractivity contribution in [2.75, 3.05) is 21.3 Å². The second-order valence-corrected chi connectivity index (χ2v) is 16.8. The van der Waals surface area contributed by atoms with Crippen molar-refractivity contribution in [3.05, 3.63) is 0 Å². The van der Waals surface area contributed by atoms with Crippen molar-refractivity contribution >= 4 is 23.1 Å². The van der Waals surface area contributed by atoms with Gasteiger partial charge in [-0.05, 0) is 42.8 Å². The summed E-state index contributed by atoms with van der Waals surface area (Å²) < 4.78 is 23.6. The van der Waals surface area contributed by atoms with E-state index in [1.165, 1.54) is 77.0 Å². The molecule has 0 aromatic rings. The molecule has 0 heterocycles. The Morgan fingerprint density at radius 2 is 1.33 bits per heavy atom. The van der Waals surface area contributed by atoms with Gasteiger partial charge in [0.15, 0.2) is 0 Å². The topological polar surface area (TPSA) is 54.0 Å². The Morgan fingerprint density at radius 1 is 0.867 bits per heavy atom. The maximum Gasteiger partial charge on any atom is 0.501 e. The molecule has 0 amide bonds. The minimum absolute atomic E-state index is 0.0306. The van der Waals surface area contributed by atoms with E-state index >= 15 is 0 Å². The predicted octanol–water partition coefficient (Wildman–Crippen LogP) is 6.46. The highest BCUT2D eigenvalue weighted by atomic mass is 28.4. The van der Waals surface area contributed by atoms with Crippen molar-refractivity contribution in [2.24, 2.45) is 5.92 Å². The molecule has 0 bridgehead atoms. The highest BCUT2D eigenvalue weighted by Gasteiger charge is 2.53. The van der Waals surface area contributed by atoms with Gasteiger partial charge in [0.05, 0.1) is 5.92 Å². The summed E-state index contributed by atoms with van der Waals surface area (Å²) in [6.07, 6.45) is 15.3. The van der Waals surface area contributed by atoms with Crippen LogP contribution in [0.25, 0.3) is 0 Å². The van der Waals surface area contributed by atoms with E-state index in [2.05, 4.69) is 6.92 Å². The summed E-state index contributed by atoms with van der Waals surface area (Å²) in [7, 11) is -0.173. The predicted molar refractivity (Wildman–Crippen MR) is 126 cm³/mol. The lowest BCUT2D eigenvalue weighted by Crippen LogP contribution is -2.52. The first-order valence-electron chi connectivity index (χ1n) is 12.3. The maximum atomic E-state index is 13.5. The van der Waals surface area contributed by atoms with Crippen LogP contribution in [0.2, 0.25) is 23.2 Å². The van der Waals surface area contributed by atoms with E-state index in [0.29, 0.717) is 17.1 Å². The van der Waals surface area contributed by atoms with Crippen LogP contribution < -0.4 is 0 Å². The summed E-state index contributed by atoms with van der Waals surface area (Å²) in [5.74, 6) is -0.297. The van der Waals surface area contributed by atoms with Crippen LogP contribution in [0.5, 0.6) is 0 Å². The summed E-state index contributed by atoms with van der Waals surface area (Å²) in [6, 6.07) is 1.63. The summed E-state index contributed by atoms with van der Waals surface area (Å²) in [5, 5.41) is 0. The molecule has 0 aromatic heterocycles. The number of hydrogen-bond acceptors (Lipinski definition) is 5. The lowest BCUT2D eigenvalue weighted by Gasteiger charge is -2.46. The highest BCUT2D eigenvalue weighted by Crippen LogP contribution is 2.51. The zero-order valence-corrected chi connectivity index (χ0v) is 22.2. The fourth-order valence-corrected chi connectivity index (χ4v) is 13.9. The normalized spacial score (nSPS) is 20.8. The zero-order valence-electron chi connectivity index (χ0n) is 20.2. The van der Waals surface area contributed by atoms with Crippen molar-refractivity contribution < 1.29 is 22.5 Å². The quantitative estimate of drug-likeness (QED) is 0.314. The van der Waals surface area contributed by atoms with Gasteiger partial charge in [-0.15, -0.1) is 0 Å². The van der Waals surface area contributed by atoms with Gasteiger partial charge in [0, 0.05) is 27.4 Å². The summed E-state index contributed by atoms with van der Waals surface area (Å²) in [5.41, 5.74) is 1.29. The standard InChI is InChI=1S/C23H46O5Si2/c1-6-7-18-29(21-14-10-8-11-15-21,22-16-12-9-13-17-22)28-23(24)20(2)19-30(25-3,26-4)27-5/h20-22H,6-19H2,1-5H3. The van der Waals surface area contributed by atoms with Crippen molar-refractivity contribution in [3.63, 3.8) is 0 Å².